The van der Waals surface area contributed by atoms with Crippen LogP contribution in [-0.2, 0) is 0 Å². The molecule has 3 aromatic rings. The van der Waals surface area contributed by atoms with Gasteiger partial charge >= 0.3 is 0 Å². The maximum absolute atomic E-state index is 5.95. The Hall–Kier alpha value is -2.14. The minimum Gasteiger partial charge on any atom is -0.494 e. The molecule has 0 bridgehead atoms. The van der Waals surface area contributed by atoms with Gasteiger partial charge in [0.15, 0.2) is 0 Å². The van der Waals surface area contributed by atoms with E-state index in [-0.39, 0.29) is 0 Å². The second-order valence-electron chi connectivity index (χ2n) is 6.60. The Morgan fingerprint density at radius 2 is 2.00 bits per heavy atom. The SMILES string of the molecule is Cc1nc(-c2ccc(C(C)CCOc3cccc(C(C)C)c3)s2)no1. The van der Waals surface area contributed by atoms with Crippen molar-refractivity contribution in [2.24, 2.45) is 0 Å². The Balaban J connectivity index is 1.55. The molecular weight excluding hydrogens is 332 g/mol. The average molecular weight is 356 g/mol. The van der Waals surface area contributed by atoms with Crippen molar-refractivity contribution in [2.45, 2.75) is 46.0 Å². The highest BCUT2D eigenvalue weighted by Crippen LogP contribution is 2.32. The maximum Gasteiger partial charge on any atom is 0.223 e. The number of benzene rings is 1. The molecule has 132 valence electrons. The van der Waals surface area contributed by atoms with Gasteiger partial charge in [0.25, 0.3) is 0 Å². The van der Waals surface area contributed by atoms with Crippen LogP contribution in [0, 0.1) is 6.92 Å². The summed E-state index contributed by atoms with van der Waals surface area (Å²) in [6.45, 7) is 9.13. The Morgan fingerprint density at radius 3 is 2.72 bits per heavy atom. The quantitative estimate of drug-likeness (QED) is 0.536. The van der Waals surface area contributed by atoms with E-state index in [9.17, 15) is 0 Å². The van der Waals surface area contributed by atoms with Crippen molar-refractivity contribution < 1.29 is 9.26 Å². The highest BCUT2D eigenvalue weighted by Gasteiger charge is 2.13. The van der Waals surface area contributed by atoms with E-state index in [4.69, 9.17) is 9.26 Å². The topological polar surface area (TPSA) is 48.2 Å². The van der Waals surface area contributed by atoms with Gasteiger partial charge in [-0.15, -0.1) is 11.3 Å². The maximum atomic E-state index is 5.95. The fourth-order valence-corrected chi connectivity index (χ4v) is 3.62. The Bertz CT molecular complexity index is 822. The van der Waals surface area contributed by atoms with Crippen LogP contribution < -0.4 is 4.74 Å². The van der Waals surface area contributed by atoms with Crippen LogP contribution in [0.2, 0.25) is 0 Å². The normalized spacial score (nSPS) is 12.5. The van der Waals surface area contributed by atoms with Gasteiger partial charge < -0.3 is 9.26 Å². The molecule has 5 heteroatoms. The molecule has 0 fully saturated rings. The van der Waals surface area contributed by atoms with Crippen LogP contribution in [0.4, 0.5) is 0 Å². The smallest absolute Gasteiger partial charge is 0.223 e. The Morgan fingerprint density at radius 1 is 1.16 bits per heavy atom. The van der Waals surface area contributed by atoms with E-state index in [0.29, 0.717) is 30.2 Å². The van der Waals surface area contributed by atoms with Gasteiger partial charge in [0, 0.05) is 11.8 Å². The molecule has 0 saturated heterocycles. The van der Waals surface area contributed by atoms with E-state index in [0.717, 1.165) is 17.0 Å². The molecule has 0 aliphatic heterocycles. The summed E-state index contributed by atoms with van der Waals surface area (Å²) in [7, 11) is 0. The highest BCUT2D eigenvalue weighted by atomic mass is 32.1. The summed E-state index contributed by atoms with van der Waals surface area (Å²) in [4.78, 5) is 6.65. The van der Waals surface area contributed by atoms with Gasteiger partial charge in [-0.2, -0.15) is 4.98 Å². The molecule has 0 saturated carbocycles. The molecule has 1 unspecified atom stereocenters. The van der Waals surface area contributed by atoms with E-state index in [1.54, 1.807) is 18.3 Å². The second kappa shape index (κ2) is 7.83. The lowest BCUT2D eigenvalue weighted by molar-refractivity contribution is 0.301. The molecule has 0 aliphatic rings. The van der Waals surface area contributed by atoms with Gasteiger partial charge in [-0.1, -0.05) is 38.1 Å². The van der Waals surface area contributed by atoms with Gasteiger partial charge in [-0.25, -0.2) is 0 Å². The molecule has 0 spiro atoms. The highest BCUT2D eigenvalue weighted by molar-refractivity contribution is 7.15. The minimum atomic E-state index is 0.431. The zero-order chi connectivity index (χ0) is 17.8. The zero-order valence-corrected chi connectivity index (χ0v) is 16.0. The first-order chi connectivity index (χ1) is 12.0. The Labute approximate surface area is 152 Å². The van der Waals surface area contributed by atoms with Crippen LogP contribution in [0.15, 0.2) is 40.9 Å². The first-order valence-corrected chi connectivity index (χ1v) is 9.47. The van der Waals surface area contributed by atoms with E-state index >= 15 is 0 Å². The number of aryl methyl sites for hydroxylation is 1. The molecule has 1 atom stereocenters. The Kier molecular flexibility index (Phi) is 5.53. The summed E-state index contributed by atoms with van der Waals surface area (Å²) >= 11 is 1.72. The number of ether oxygens (including phenoxy) is 1. The van der Waals surface area contributed by atoms with Gasteiger partial charge in [0.2, 0.25) is 11.7 Å². The summed E-state index contributed by atoms with van der Waals surface area (Å²) in [6.07, 6.45) is 0.969. The van der Waals surface area contributed by atoms with Gasteiger partial charge in [-0.05, 0) is 48.1 Å². The lowest BCUT2D eigenvalue weighted by Crippen LogP contribution is -2.02. The standard InChI is InChI=1S/C20H24N2O2S/c1-13(2)16-6-5-7-17(12-16)23-11-10-14(3)18-8-9-19(25-18)20-21-15(4)24-22-20/h5-9,12-14H,10-11H2,1-4H3. The third-order valence-electron chi connectivity index (χ3n) is 4.20. The van der Waals surface area contributed by atoms with Gasteiger partial charge in [-0.3, -0.25) is 0 Å². The molecule has 0 radical (unpaired) electrons. The fourth-order valence-electron chi connectivity index (χ4n) is 2.60. The third kappa shape index (κ3) is 4.48. The van der Waals surface area contributed by atoms with Crippen LogP contribution in [-0.4, -0.2) is 16.7 Å². The van der Waals surface area contributed by atoms with Crippen LogP contribution in [0.1, 0.15) is 55.4 Å². The summed E-state index contributed by atoms with van der Waals surface area (Å²) in [5, 5.41) is 3.98. The van der Waals surface area contributed by atoms with E-state index in [1.165, 1.54) is 10.4 Å². The number of hydrogen-bond acceptors (Lipinski definition) is 5. The van der Waals surface area contributed by atoms with E-state index < -0.39 is 0 Å². The number of rotatable bonds is 7. The second-order valence-corrected chi connectivity index (χ2v) is 7.72. The number of nitrogens with zero attached hydrogens (tertiary/aromatic N) is 2. The van der Waals surface area contributed by atoms with Crippen LogP contribution >= 0.6 is 11.3 Å². The molecule has 4 nitrogen and oxygen atoms in total. The molecular formula is C20H24N2O2S. The minimum absolute atomic E-state index is 0.431. The van der Waals surface area contributed by atoms with Crippen molar-refractivity contribution in [1.29, 1.82) is 0 Å². The van der Waals surface area contributed by atoms with Crippen molar-refractivity contribution in [3.05, 3.63) is 52.7 Å². The van der Waals surface area contributed by atoms with Crippen LogP contribution in [0.3, 0.4) is 0 Å². The molecule has 2 heterocycles. The molecule has 0 amide bonds. The van der Waals surface area contributed by atoms with Gasteiger partial charge in [0.05, 0.1) is 11.5 Å². The predicted octanol–water partition coefficient (Wildman–Crippen LogP) is 5.80. The van der Waals surface area contributed by atoms with E-state index in [1.807, 2.05) is 6.07 Å². The lowest BCUT2D eigenvalue weighted by Gasteiger charge is -2.12. The predicted molar refractivity (Wildman–Crippen MR) is 101 cm³/mol. The molecule has 0 N–H and O–H groups in total. The average Bonchev–Trinajstić information content (AvgIpc) is 3.24. The summed E-state index contributed by atoms with van der Waals surface area (Å²) in [5.74, 6) is 3.16. The first-order valence-electron chi connectivity index (χ1n) is 8.66. The first kappa shape index (κ1) is 17.7. The summed E-state index contributed by atoms with van der Waals surface area (Å²) in [5.41, 5.74) is 1.31. The molecule has 2 aromatic heterocycles. The molecule has 1 aromatic carbocycles. The number of aromatic nitrogens is 2. The summed E-state index contributed by atoms with van der Waals surface area (Å²) in [6, 6.07) is 12.6. The largest absolute Gasteiger partial charge is 0.494 e. The van der Waals surface area contributed by atoms with Crippen LogP contribution in [0.25, 0.3) is 10.7 Å². The molecule has 0 aliphatic carbocycles. The van der Waals surface area contributed by atoms with Gasteiger partial charge in [0.1, 0.15) is 5.75 Å². The molecule has 25 heavy (non-hydrogen) atoms. The zero-order valence-electron chi connectivity index (χ0n) is 15.2. The fraction of sp³-hybridized carbons (Fsp3) is 0.400. The number of hydrogen-bond donors (Lipinski definition) is 0. The van der Waals surface area contributed by atoms with Crippen molar-refractivity contribution in [3.63, 3.8) is 0 Å². The van der Waals surface area contributed by atoms with Crippen LogP contribution in [0.5, 0.6) is 5.75 Å². The van der Waals surface area contributed by atoms with Crippen molar-refractivity contribution >= 4 is 11.3 Å². The van der Waals surface area contributed by atoms with Crippen molar-refractivity contribution in [2.75, 3.05) is 6.61 Å². The number of thiophene rings is 1. The monoisotopic (exact) mass is 356 g/mol. The van der Waals surface area contributed by atoms with Crippen molar-refractivity contribution in [1.82, 2.24) is 10.1 Å². The van der Waals surface area contributed by atoms with E-state index in [2.05, 4.69) is 61.2 Å². The third-order valence-corrected chi connectivity index (χ3v) is 5.52. The lowest BCUT2D eigenvalue weighted by atomic mass is 10.0. The molecule has 3 rings (SSSR count). The van der Waals surface area contributed by atoms with Crippen molar-refractivity contribution in [3.8, 4) is 16.5 Å². The summed E-state index contributed by atoms with van der Waals surface area (Å²) < 4.78 is 11.0.